The molecule has 1 atom stereocenters. The van der Waals surface area contributed by atoms with Crippen molar-refractivity contribution < 1.29 is 4.79 Å². The Morgan fingerprint density at radius 1 is 1.08 bits per heavy atom. The van der Waals surface area contributed by atoms with Crippen molar-refractivity contribution >= 4 is 16.8 Å². The van der Waals surface area contributed by atoms with E-state index in [2.05, 4.69) is 12.2 Å². The quantitative estimate of drug-likeness (QED) is 0.733. The highest BCUT2D eigenvalue weighted by atomic mass is 16.1. The number of rotatable bonds is 5. The standard InChI is InChI=1S/C21H22N2O/c1-3-9-15(2)22-21(24)18-14-20(16-10-5-4-6-11-16)23-19-13-8-7-12-17(18)19/h4-8,10-15H,3,9H2,1-2H3,(H,22,24)/t15-/m1/s1. The Bertz CT molecular complexity index is 843. The van der Waals surface area contributed by atoms with Crippen LogP contribution in [0.3, 0.4) is 0 Å². The zero-order valence-corrected chi connectivity index (χ0v) is 14.1. The molecule has 0 aliphatic carbocycles. The molecule has 0 aliphatic rings. The van der Waals surface area contributed by atoms with Crippen LogP contribution in [0.2, 0.25) is 0 Å². The van der Waals surface area contributed by atoms with E-state index in [9.17, 15) is 4.79 Å². The molecule has 3 nitrogen and oxygen atoms in total. The number of carbonyl (C=O) groups is 1. The molecule has 0 saturated heterocycles. The molecule has 0 aliphatic heterocycles. The molecule has 0 unspecified atom stereocenters. The molecule has 0 saturated carbocycles. The number of pyridine rings is 1. The summed E-state index contributed by atoms with van der Waals surface area (Å²) in [5.74, 6) is -0.0354. The van der Waals surface area contributed by atoms with Crippen LogP contribution in [-0.4, -0.2) is 16.9 Å². The first-order valence-electron chi connectivity index (χ1n) is 8.45. The van der Waals surface area contributed by atoms with E-state index in [1.54, 1.807) is 0 Å². The van der Waals surface area contributed by atoms with Crippen LogP contribution in [0, 0.1) is 0 Å². The summed E-state index contributed by atoms with van der Waals surface area (Å²) in [5, 5.41) is 3.99. The third kappa shape index (κ3) is 3.46. The Kier molecular flexibility index (Phi) is 4.90. The number of carbonyl (C=O) groups excluding carboxylic acids is 1. The van der Waals surface area contributed by atoms with Gasteiger partial charge in [0.2, 0.25) is 0 Å². The summed E-state index contributed by atoms with van der Waals surface area (Å²) < 4.78 is 0. The van der Waals surface area contributed by atoms with Crippen LogP contribution >= 0.6 is 0 Å². The molecule has 0 radical (unpaired) electrons. The number of benzene rings is 2. The number of hydrogen-bond acceptors (Lipinski definition) is 2. The Hall–Kier alpha value is -2.68. The number of nitrogens with zero attached hydrogens (tertiary/aromatic N) is 1. The van der Waals surface area contributed by atoms with Crippen LogP contribution in [0.15, 0.2) is 60.7 Å². The van der Waals surface area contributed by atoms with E-state index in [1.165, 1.54) is 0 Å². The van der Waals surface area contributed by atoms with E-state index in [1.807, 2.05) is 67.6 Å². The van der Waals surface area contributed by atoms with Crippen LogP contribution in [0.25, 0.3) is 22.2 Å². The van der Waals surface area contributed by atoms with Gasteiger partial charge in [-0.3, -0.25) is 4.79 Å². The topological polar surface area (TPSA) is 42.0 Å². The fourth-order valence-electron chi connectivity index (χ4n) is 2.93. The predicted molar refractivity (Wildman–Crippen MR) is 99.0 cm³/mol. The average molecular weight is 318 g/mol. The lowest BCUT2D eigenvalue weighted by molar-refractivity contribution is 0.0940. The Morgan fingerprint density at radius 2 is 1.79 bits per heavy atom. The van der Waals surface area contributed by atoms with Crippen molar-refractivity contribution in [2.45, 2.75) is 32.7 Å². The lowest BCUT2D eigenvalue weighted by atomic mass is 10.0. The molecule has 3 aromatic rings. The minimum atomic E-state index is -0.0354. The lowest BCUT2D eigenvalue weighted by Crippen LogP contribution is -2.32. The number of nitrogens with one attached hydrogen (secondary N) is 1. The van der Waals surface area contributed by atoms with E-state index < -0.39 is 0 Å². The summed E-state index contributed by atoms with van der Waals surface area (Å²) in [7, 11) is 0. The highest BCUT2D eigenvalue weighted by molar-refractivity contribution is 6.07. The third-order valence-corrected chi connectivity index (χ3v) is 4.13. The average Bonchev–Trinajstić information content (AvgIpc) is 2.61. The van der Waals surface area contributed by atoms with Gasteiger partial charge in [-0.05, 0) is 25.5 Å². The van der Waals surface area contributed by atoms with Crippen LogP contribution in [0.5, 0.6) is 0 Å². The number of hydrogen-bond donors (Lipinski definition) is 1. The van der Waals surface area contributed by atoms with Gasteiger partial charge in [0, 0.05) is 17.0 Å². The van der Waals surface area contributed by atoms with E-state index in [0.29, 0.717) is 5.56 Å². The van der Waals surface area contributed by atoms with Crippen molar-refractivity contribution in [1.82, 2.24) is 10.3 Å². The predicted octanol–water partition coefficient (Wildman–Crippen LogP) is 4.82. The van der Waals surface area contributed by atoms with Gasteiger partial charge in [-0.1, -0.05) is 61.9 Å². The smallest absolute Gasteiger partial charge is 0.252 e. The molecule has 3 heteroatoms. The van der Waals surface area contributed by atoms with E-state index in [-0.39, 0.29) is 11.9 Å². The normalized spacial score (nSPS) is 12.1. The Labute approximate surface area is 142 Å². The maximum absolute atomic E-state index is 12.8. The third-order valence-electron chi connectivity index (χ3n) is 4.13. The van der Waals surface area contributed by atoms with Crippen molar-refractivity contribution in [3.63, 3.8) is 0 Å². The molecule has 2 aromatic carbocycles. The van der Waals surface area contributed by atoms with E-state index >= 15 is 0 Å². The van der Waals surface area contributed by atoms with Crippen molar-refractivity contribution in [3.8, 4) is 11.3 Å². The van der Waals surface area contributed by atoms with Gasteiger partial charge in [-0.15, -0.1) is 0 Å². The summed E-state index contributed by atoms with van der Waals surface area (Å²) in [6, 6.07) is 19.8. The molecular formula is C21H22N2O. The Balaban J connectivity index is 2.06. The number of aromatic nitrogens is 1. The second kappa shape index (κ2) is 7.26. The van der Waals surface area contributed by atoms with Gasteiger partial charge in [0.25, 0.3) is 5.91 Å². The molecule has 24 heavy (non-hydrogen) atoms. The van der Waals surface area contributed by atoms with Crippen molar-refractivity contribution in [2.24, 2.45) is 0 Å². The molecule has 1 aromatic heterocycles. The first kappa shape index (κ1) is 16.2. The summed E-state index contributed by atoms with van der Waals surface area (Å²) in [6.07, 6.45) is 2.02. The first-order valence-corrected chi connectivity index (χ1v) is 8.45. The lowest BCUT2D eigenvalue weighted by Gasteiger charge is -2.15. The highest BCUT2D eigenvalue weighted by Gasteiger charge is 2.15. The molecule has 1 heterocycles. The first-order chi connectivity index (χ1) is 11.7. The van der Waals surface area contributed by atoms with Crippen molar-refractivity contribution in [3.05, 3.63) is 66.2 Å². The molecule has 3 rings (SSSR count). The zero-order chi connectivity index (χ0) is 16.9. The van der Waals surface area contributed by atoms with E-state index in [4.69, 9.17) is 4.98 Å². The molecule has 0 fully saturated rings. The van der Waals surface area contributed by atoms with Gasteiger partial charge in [-0.25, -0.2) is 4.98 Å². The van der Waals surface area contributed by atoms with Gasteiger partial charge in [-0.2, -0.15) is 0 Å². The molecule has 1 amide bonds. The summed E-state index contributed by atoms with van der Waals surface area (Å²) in [5.41, 5.74) is 3.36. The summed E-state index contributed by atoms with van der Waals surface area (Å²) >= 11 is 0. The Morgan fingerprint density at radius 3 is 2.54 bits per heavy atom. The summed E-state index contributed by atoms with van der Waals surface area (Å²) in [4.78, 5) is 17.5. The SMILES string of the molecule is CCC[C@@H](C)NC(=O)c1cc(-c2ccccc2)nc2ccccc12. The van der Waals surface area contributed by atoms with Gasteiger partial charge in [0.05, 0.1) is 16.8 Å². The zero-order valence-electron chi connectivity index (χ0n) is 14.1. The monoisotopic (exact) mass is 318 g/mol. The molecular weight excluding hydrogens is 296 g/mol. The second-order valence-corrected chi connectivity index (χ2v) is 6.10. The maximum atomic E-state index is 12.8. The minimum Gasteiger partial charge on any atom is -0.350 e. The largest absolute Gasteiger partial charge is 0.350 e. The summed E-state index contributed by atoms with van der Waals surface area (Å²) in [6.45, 7) is 4.17. The number of amides is 1. The fourth-order valence-corrected chi connectivity index (χ4v) is 2.93. The van der Waals surface area contributed by atoms with Gasteiger partial charge >= 0.3 is 0 Å². The van der Waals surface area contributed by atoms with Gasteiger partial charge in [0.1, 0.15) is 0 Å². The van der Waals surface area contributed by atoms with Crippen molar-refractivity contribution in [1.29, 1.82) is 0 Å². The van der Waals surface area contributed by atoms with Crippen molar-refractivity contribution in [2.75, 3.05) is 0 Å². The molecule has 122 valence electrons. The highest BCUT2D eigenvalue weighted by Crippen LogP contribution is 2.24. The van der Waals surface area contributed by atoms with Crippen LogP contribution in [-0.2, 0) is 0 Å². The molecule has 0 bridgehead atoms. The van der Waals surface area contributed by atoms with Gasteiger partial charge < -0.3 is 5.32 Å². The minimum absolute atomic E-state index is 0.0354. The van der Waals surface area contributed by atoms with Gasteiger partial charge in [0.15, 0.2) is 0 Å². The molecule has 0 spiro atoms. The second-order valence-electron chi connectivity index (χ2n) is 6.10. The maximum Gasteiger partial charge on any atom is 0.252 e. The molecule has 1 N–H and O–H groups in total. The van der Waals surface area contributed by atoms with Crippen LogP contribution in [0.1, 0.15) is 37.0 Å². The van der Waals surface area contributed by atoms with Crippen LogP contribution < -0.4 is 5.32 Å². The van der Waals surface area contributed by atoms with Crippen LogP contribution in [0.4, 0.5) is 0 Å². The number of fused-ring (bicyclic) bond motifs is 1. The van der Waals surface area contributed by atoms with E-state index in [0.717, 1.165) is 35.0 Å². The number of para-hydroxylation sites is 1. The fraction of sp³-hybridized carbons (Fsp3) is 0.238.